The zero-order chi connectivity index (χ0) is 33.6. The second kappa shape index (κ2) is 14.3. The lowest BCUT2D eigenvalue weighted by molar-refractivity contribution is -0.143. The lowest BCUT2D eigenvalue weighted by atomic mass is 10.1. The molecule has 0 aliphatic carbocycles. The van der Waals surface area contributed by atoms with Gasteiger partial charge in [0.05, 0.1) is 5.25 Å². The van der Waals surface area contributed by atoms with Gasteiger partial charge in [0.25, 0.3) is 11.8 Å². The number of alkyl halides is 3. The molecule has 14 heteroatoms. The fraction of sp³-hybridized carbons (Fsp3) is 0.0938. The number of carbonyl (C=O) groups is 3. The van der Waals surface area contributed by atoms with Crippen molar-refractivity contribution in [3.63, 3.8) is 0 Å². The monoisotopic (exact) mass is 661 g/mol. The van der Waals surface area contributed by atoms with Gasteiger partial charge in [0, 0.05) is 16.1 Å². The van der Waals surface area contributed by atoms with Crippen molar-refractivity contribution in [2.45, 2.75) is 23.2 Å². The van der Waals surface area contributed by atoms with Crippen molar-refractivity contribution in [2.75, 3.05) is 10.6 Å². The van der Waals surface area contributed by atoms with Gasteiger partial charge in [0.2, 0.25) is 5.91 Å². The molecular formula is C32H22F7N3O3S. The molecule has 4 rings (SSSR count). The van der Waals surface area contributed by atoms with E-state index in [0.29, 0.717) is 16.0 Å². The molecule has 0 saturated heterocycles. The number of amides is 3. The molecule has 4 aromatic rings. The van der Waals surface area contributed by atoms with Gasteiger partial charge in [-0.05, 0) is 48.9 Å². The van der Waals surface area contributed by atoms with Crippen molar-refractivity contribution in [1.29, 1.82) is 0 Å². The summed E-state index contributed by atoms with van der Waals surface area (Å²) in [6, 6.07) is 22.8. The molecule has 0 aliphatic rings. The molecule has 0 aromatic heterocycles. The summed E-state index contributed by atoms with van der Waals surface area (Å²) in [6.07, 6.45) is -4.26. The Kier molecular flexibility index (Phi) is 10.5. The molecule has 4 aromatic carbocycles. The molecule has 0 heterocycles. The number of thioether (sulfide) groups is 1. The van der Waals surface area contributed by atoms with E-state index in [1.54, 1.807) is 66.0 Å². The molecule has 0 saturated carbocycles. The molecular weight excluding hydrogens is 639 g/mol. The standard InChI is InChI=1S/C32H22F7N3O3S/c1-17(29(43)42-28-26(35)24(33)23(32(37,38)39)25(34)27(28)36)46-21-14-8-13-20(16-21)40-31(45)22(15-18-9-4-2-5-10-18)41-30(44)19-11-6-3-7-12-19/h2-17H,1H3,(H,40,45)(H,41,44)(H,42,43)/b22-15-. The minimum atomic E-state index is -5.73. The summed E-state index contributed by atoms with van der Waals surface area (Å²) in [7, 11) is 0. The van der Waals surface area contributed by atoms with Crippen LogP contribution in [0.2, 0.25) is 0 Å². The smallest absolute Gasteiger partial charge is 0.321 e. The van der Waals surface area contributed by atoms with E-state index in [0.717, 1.165) is 11.8 Å². The number of benzene rings is 4. The van der Waals surface area contributed by atoms with Crippen LogP contribution in [0.25, 0.3) is 6.08 Å². The van der Waals surface area contributed by atoms with Crippen molar-refractivity contribution >= 4 is 46.9 Å². The number of anilines is 2. The maximum Gasteiger partial charge on any atom is 0.422 e. The van der Waals surface area contributed by atoms with Crippen LogP contribution in [-0.4, -0.2) is 23.0 Å². The van der Waals surface area contributed by atoms with Crippen LogP contribution in [0.3, 0.4) is 0 Å². The van der Waals surface area contributed by atoms with Crippen LogP contribution < -0.4 is 16.0 Å². The average Bonchev–Trinajstić information content (AvgIpc) is 3.02. The number of rotatable bonds is 9. The second-order valence-electron chi connectivity index (χ2n) is 9.52. The zero-order valence-electron chi connectivity index (χ0n) is 23.5. The highest BCUT2D eigenvalue weighted by Gasteiger charge is 2.42. The number of hydrogen-bond acceptors (Lipinski definition) is 4. The van der Waals surface area contributed by atoms with Gasteiger partial charge in [-0.3, -0.25) is 14.4 Å². The highest BCUT2D eigenvalue weighted by Crippen LogP contribution is 2.39. The molecule has 46 heavy (non-hydrogen) atoms. The Morgan fingerprint density at radius 1 is 0.761 bits per heavy atom. The molecule has 0 radical (unpaired) electrons. The quantitative estimate of drug-likeness (QED) is 0.0740. The highest BCUT2D eigenvalue weighted by atomic mass is 32.2. The molecule has 6 nitrogen and oxygen atoms in total. The van der Waals surface area contributed by atoms with Crippen LogP contribution in [-0.2, 0) is 15.8 Å². The van der Waals surface area contributed by atoms with E-state index in [-0.39, 0.29) is 11.4 Å². The molecule has 1 unspecified atom stereocenters. The maximum atomic E-state index is 14.3. The first kappa shape index (κ1) is 33.8. The molecule has 0 aliphatic heterocycles. The Morgan fingerprint density at radius 3 is 1.93 bits per heavy atom. The van der Waals surface area contributed by atoms with E-state index in [1.807, 2.05) is 0 Å². The first-order valence-corrected chi connectivity index (χ1v) is 14.1. The van der Waals surface area contributed by atoms with Crippen molar-refractivity contribution in [3.05, 3.63) is 131 Å². The summed E-state index contributed by atoms with van der Waals surface area (Å²) < 4.78 is 95.0. The molecule has 0 bridgehead atoms. The van der Waals surface area contributed by atoms with Crippen molar-refractivity contribution in [1.82, 2.24) is 5.32 Å². The molecule has 0 fully saturated rings. The van der Waals surface area contributed by atoms with Gasteiger partial charge < -0.3 is 16.0 Å². The molecule has 3 N–H and O–H groups in total. The fourth-order valence-electron chi connectivity index (χ4n) is 3.98. The van der Waals surface area contributed by atoms with Crippen LogP contribution in [0.4, 0.5) is 42.1 Å². The van der Waals surface area contributed by atoms with E-state index in [1.165, 1.54) is 37.3 Å². The number of carbonyl (C=O) groups excluding carboxylic acids is 3. The number of halogens is 7. The van der Waals surface area contributed by atoms with Gasteiger partial charge in [0.15, 0.2) is 23.3 Å². The first-order chi connectivity index (χ1) is 21.8. The van der Waals surface area contributed by atoms with E-state index in [9.17, 15) is 45.1 Å². The van der Waals surface area contributed by atoms with E-state index in [4.69, 9.17) is 0 Å². The predicted molar refractivity (Wildman–Crippen MR) is 159 cm³/mol. The Hall–Kier alpha value is -5.11. The van der Waals surface area contributed by atoms with Gasteiger partial charge >= 0.3 is 6.18 Å². The summed E-state index contributed by atoms with van der Waals surface area (Å²) >= 11 is 0.799. The summed E-state index contributed by atoms with van der Waals surface area (Å²) in [6.45, 7) is 1.26. The van der Waals surface area contributed by atoms with Gasteiger partial charge in [-0.25, -0.2) is 17.6 Å². The van der Waals surface area contributed by atoms with E-state index < -0.39 is 63.7 Å². The van der Waals surface area contributed by atoms with E-state index >= 15 is 0 Å². The highest BCUT2D eigenvalue weighted by molar-refractivity contribution is 8.00. The Balaban J connectivity index is 1.49. The van der Waals surface area contributed by atoms with Crippen LogP contribution in [0.1, 0.15) is 28.4 Å². The Labute approximate surface area is 261 Å². The third-order valence-corrected chi connectivity index (χ3v) is 7.30. The molecule has 0 spiro atoms. The number of nitrogens with one attached hydrogen (secondary N) is 3. The SMILES string of the molecule is CC(Sc1cccc(NC(=O)/C(=C/c2ccccc2)NC(=O)c2ccccc2)c1)C(=O)Nc1c(F)c(F)c(C(F)(F)F)c(F)c1F. The number of hydrogen-bond donors (Lipinski definition) is 3. The third kappa shape index (κ3) is 8.13. The second-order valence-corrected chi connectivity index (χ2v) is 10.9. The lowest BCUT2D eigenvalue weighted by Gasteiger charge is -2.17. The summed E-state index contributed by atoms with van der Waals surface area (Å²) in [5.74, 6) is -12.7. The first-order valence-electron chi connectivity index (χ1n) is 13.2. The molecule has 238 valence electrons. The van der Waals surface area contributed by atoms with Crippen LogP contribution in [0.15, 0.2) is 95.5 Å². The van der Waals surface area contributed by atoms with Crippen LogP contribution in [0, 0.1) is 23.3 Å². The van der Waals surface area contributed by atoms with Crippen LogP contribution in [0.5, 0.6) is 0 Å². The topological polar surface area (TPSA) is 87.3 Å². The van der Waals surface area contributed by atoms with Gasteiger partial charge in [-0.1, -0.05) is 54.6 Å². The third-order valence-electron chi connectivity index (χ3n) is 6.21. The van der Waals surface area contributed by atoms with Gasteiger partial charge in [-0.15, -0.1) is 11.8 Å². The largest absolute Gasteiger partial charge is 0.422 e. The lowest BCUT2D eigenvalue weighted by Crippen LogP contribution is -2.30. The van der Waals surface area contributed by atoms with Gasteiger partial charge in [-0.2, -0.15) is 13.2 Å². The van der Waals surface area contributed by atoms with E-state index in [2.05, 4.69) is 10.6 Å². The van der Waals surface area contributed by atoms with Gasteiger partial charge in [0.1, 0.15) is 16.9 Å². The fourth-order valence-corrected chi connectivity index (χ4v) is 4.90. The minimum absolute atomic E-state index is 0.0917. The molecule has 1 atom stereocenters. The zero-order valence-corrected chi connectivity index (χ0v) is 24.3. The average molecular weight is 662 g/mol. The van der Waals surface area contributed by atoms with Crippen molar-refractivity contribution < 1.29 is 45.1 Å². The Morgan fingerprint density at radius 2 is 1.35 bits per heavy atom. The predicted octanol–water partition coefficient (Wildman–Crippen LogP) is 7.79. The van der Waals surface area contributed by atoms with Crippen molar-refractivity contribution in [3.8, 4) is 0 Å². The minimum Gasteiger partial charge on any atom is -0.321 e. The Bertz CT molecular complexity index is 1770. The summed E-state index contributed by atoms with van der Waals surface area (Å²) in [4.78, 5) is 39.0. The molecule has 3 amide bonds. The maximum absolute atomic E-state index is 14.3. The van der Waals surface area contributed by atoms with Crippen molar-refractivity contribution in [2.24, 2.45) is 0 Å². The summed E-state index contributed by atoms with van der Waals surface area (Å²) in [5, 5.41) is 5.63. The van der Waals surface area contributed by atoms with Crippen LogP contribution >= 0.6 is 11.8 Å². The summed E-state index contributed by atoms with van der Waals surface area (Å²) in [5.41, 5.74) is -3.42. The normalized spacial score (nSPS) is 12.3.